The Morgan fingerprint density at radius 2 is 1.63 bits per heavy atom. The van der Waals surface area contributed by atoms with Crippen molar-refractivity contribution >= 4 is 39.1 Å². The van der Waals surface area contributed by atoms with Crippen LogP contribution >= 0.6 is 11.6 Å². The summed E-state index contributed by atoms with van der Waals surface area (Å²) in [5.41, 5.74) is 1.73. The van der Waals surface area contributed by atoms with Crippen LogP contribution in [-0.2, 0) is 32.6 Å². The number of ether oxygens (including phenoxy) is 2. The lowest BCUT2D eigenvalue weighted by Gasteiger charge is -2.33. The number of sulfonamides is 1. The fourth-order valence-electron chi connectivity index (χ4n) is 4.29. The van der Waals surface area contributed by atoms with Gasteiger partial charge < -0.3 is 19.7 Å². The molecule has 3 aromatic rings. The zero-order valence-corrected chi connectivity index (χ0v) is 25.2. The maximum Gasteiger partial charge on any atom is 0.244 e. The van der Waals surface area contributed by atoms with Gasteiger partial charge in [-0.3, -0.25) is 13.9 Å². The highest BCUT2D eigenvalue weighted by Crippen LogP contribution is 2.34. The molecule has 3 rings (SSSR count). The van der Waals surface area contributed by atoms with Gasteiger partial charge in [0.05, 0.1) is 26.2 Å². The molecule has 0 aliphatic rings. The standard InChI is InChI=1S/C30H36ClN3O6S/c1-5-17-32-30(36)27(18-22-9-7-6-8-10-22)33(20-23-11-13-24(31)14-12-23)29(35)21-34(41(4,37)38)26-19-25(39-2)15-16-28(26)40-3/h6-16,19,27H,5,17-18,20-21H2,1-4H3,(H,32,36)/t27-/m1/s1. The van der Waals surface area contributed by atoms with Gasteiger partial charge in [-0.2, -0.15) is 0 Å². The van der Waals surface area contributed by atoms with Gasteiger partial charge in [0.1, 0.15) is 24.1 Å². The van der Waals surface area contributed by atoms with Gasteiger partial charge in [-0.25, -0.2) is 8.42 Å². The summed E-state index contributed by atoms with van der Waals surface area (Å²) in [6, 6.07) is 20.1. The van der Waals surface area contributed by atoms with E-state index >= 15 is 0 Å². The molecule has 0 aliphatic heterocycles. The number of anilines is 1. The fourth-order valence-corrected chi connectivity index (χ4v) is 5.26. The van der Waals surface area contributed by atoms with Crippen LogP contribution in [0.5, 0.6) is 11.5 Å². The van der Waals surface area contributed by atoms with Crippen molar-refractivity contribution in [2.75, 3.05) is 37.9 Å². The van der Waals surface area contributed by atoms with E-state index in [2.05, 4.69) is 5.32 Å². The Labute approximate surface area is 247 Å². The van der Waals surface area contributed by atoms with Crippen LogP contribution in [-0.4, -0.2) is 64.7 Å². The van der Waals surface area contributed by atoms with Gasteiger partial charge in [0.15, 0.2) is 0 Å². The minimum absolute atomic E-state index is 0.0555. The summed E-state index contributed by atoms with van der Waals surface area (Å²) in [6.07, 6.45) is 1.96. The van der Waals surface area contributed by atoms with Crippen LogP contribution in [0.3, 0.4) is 0 Å². The summed E-state index contributed by atoms with van der Waals surface area (Å²) in [4.78, 5) is 29.1. The molecule has 0 unspecified atom stereocenters. The van der Waals surface area contributed by atoms with Crippen molar-refractivity contribution in [3.63, 3.8) is 0 Å². The Morgan fingerprint density at radius 1 is 0.951 bits per heavy atom. The van der Waals surface area contributed by atoms with E-state index in [1.54, 1.807) is 36.4 Å². The van der Waals surface area contributed by atoms with E-state index < -0.39 is 28.5 Å². The number of rotatable bonds is 14. The van der Waals surface area contributed by atoms with Crippen LogP contribution in [0, 0.1) is 0 Å². The normalized spacial score (nSPS) is 11.8. The van der Waals surface area contributed by atoms with Crippen LogP contribution in [0.15, 0.2) is 72.8 Å². The zero-order chi connectivity index (χ0) is 30.0. The first kappa shape index (κ1) is 31.8. The van der Waals surface area contributed by atoms with Crippen LogP contribution < -0.4 is 19.1 Å². The van der Waals surface area contributed by atoms with Crippen molar-refractivity contribution in [2.45, 2.75) is 32.4 Å². The Morgan fingerprint density at radius 3 is 2.22 bits per heavy atom. The Balaban J connectivity index is 2.09. The topological polar surface area (TPSA) is 105 Å². The van der Waals surface area contributed by atoms with E-state index in [1.807, 2.05) is 37.3 Å². The van der Waals surface area contributed by atoms with Gasteiger partial charge in [-0.1, -0.05) is 61.0 Å². The second-order valence-corrected chi connectivity index (χ2v) is 11.8. The minimum atomic E-state index is -3.97. The van der Waals surface area contributed by atoms with Crippen molar-refractivity contribution in [3.05, 3.63) is 88.9 Å². The quantitative estimate of drug-likeness (QED) is 0.296. The number of hydrogen-bond acceptors (Lipinski definition) is 6. The summed E-state index contributed by atoms with van der Waals surface area (Å²) in [5, 5.41) is 3.44. The molecule has 0 heterocycles. The first-order valence-electron chi connectivity index (χ1n) is 13.1. The number of methoxy groups -OCH3 is 2. The minimum Gasteiger partial charge on any atom is -0.497 e. The van der Waals surface area contributed by atoms with E-state index in [-0.39, 0.29) is 30.3 Å². The van der Waals surface area contributed by atoms with Gasteiger partial charge in [0.2, 0.25) is 21.8 Å². The monoisotopic (exact) mass is 601 g/mol. The molecule has 0 saturated heterocycles. The predicted molar refractivity (Wildman–Crippen MR) is 161 cm³/mol. The molecule has 41 heavy (non-hydrogen) atoms. The number of carbonyl (C=O) groups is 2. The molecule has 0 saturated carbocycles. The third-order valence-corrected chi connectivity index (χ3v) is 7.80. The van der Waals surface area contributed by atoms with Gasteiger partial charge >= 0.3 is 0 Å². The van der Waals surface area contributed by atoms with Crippen molar-refractivity contribution in [1.82, 2.24) is 10.2 Å². The van der Waals surface area contributed by atoms with Crippen LogP contribution in [0.1, 0.15) is 24.5 Å². The molecule has 1 atom stereocenters. The second-order valence-electron chi connectivity index (χ2n) is 9.45. The number of carbonyl (C=O) groups excluding carboxylic acids is 2. The van der Waals surface area contributed by atoms with Crippen LogP contribution in [0.25, 0.3) is 0 Å². The first-order chi connectivity index (χ1) is 19.6. The van der Waals surface area contributed by atoms with Crippen LogP contribution in [0.4, 0.5) is 5.69 Å². The Hall–Kier alpha value is -3.76. The number of nitrogens with one attached hydrogen (secondary N) is 1. The average molecular weight is 602 g/mol. The summed E-state index contributed by atoms with van der Waals surface area (Å²) in [6.45, 7) is 1.86. The number of halogens is 1. The molecule has 0 aromatic heterocycles. The zero-order valence-electron chi connectivity index (χ0n) is 23.7. The van der Waals surface area contributed by atoms with Crippen molar-refractivity contribution in [3.8, 4) is 11.5 Å². The molecule has 11 heteroatoms. The average Bonchev–Trinajstić information content (AvgIpc) is 2.96. The number of amides is 2. The first-order valence-corrected chi connectivity index (χ1v) is 15.3. The molecule has 0 fully saturated rings. The smallest absolute Gasteiger partial charge is 0.244 e. The van der Waals surface area contributed by atoms with Crippen molar-refractivity contribution in [1.29, 1.82) is 0 Å². The fraction of sp³-hybridized carbons (Fsp3) is 0.333. The molecule has 220 valence electrons. The van der Waals surface area contributed by atoms with Gasteiger partial charge in [0, 0.05) is 30.6 Å². The highest BCUT2D eigenvalue weighted by atomic mass is 35.5. The molecule has 3 aromatic carbocycles. The summed E-state index contributed by atoms with van der Waals surface area (Å²) >= 11 is 6.09. The molecule has 9 nitrogen and oxygen atoms in total. The van der Waals surface area contributed by atoms with Crippen molar-refractivity contribution in [2.24, 2.45) is 0 Å². The SMILES string of the molecule is CCCNC(=O)[C@@H](Cc1ccccc1)N(Cc1ccc(Cl)cc1)C(=O)CN(c1cc(OC)ccc1OC)S(C)(=O)=O. The van der Waals surface area contributed by atoms with E-state index in [4.69, 9.17) is 21.1 Å². The molecule has 0 spiro atoms. The molecule has 0 aliphatic carbocycles. The maximum atomic E-state index is 14.2. The summed E-state index contributed by atoms with van der Waals surface area (Å²) in [5.74, 6) is -0.263. The second kappa shape index (κ2) is 14.7. The molecule has 0 bridgehead atoms. The van der Waals surface area contributed by atoms with Gasteiger partial charge in [-0.05, 0) is 41.8 Å². The predicted octanol–water partition coefficient (Wildman–Crippen LogP) is 4.29. The van der Waals surface area contributed by atoms with E-state index in [0.717, 1.165) is 21.7 Å². The third kappa shape index (κ3) is 8.86. The van der Waals surface area contributed by atoms with E-state index in [0.29, 0.717) is 23.7 Å². The summed E-state index contributed by atoms with van der Waals surface area (Å²) in [7, 11) is -1.10. The van der Waals surface area contributed by atoms with Crippen LogP contribution in [0.2, 0.25) is 5.02 Å². The molecular formula is C30H36ClN3O6S. The lowest BCUT2D eigenvalue weighted by Crippen LogP contribution is -2.53. The lowest BCUT2D eigenvalue weighted by atomic mass is 10.0. The number of benzene rings is 3. The molecule has 0 radical (unpaired) electrons. The largest absolute Gasteiger partial charge is 0.497 e. The summed E-state index contributed by atoms with van der Waals surface area (Å²) < 4.78 is 37.8. The van der Waals surface area contributed by atoms with Crippen molar-refractivity contribution < 1.29 is 27.5 Å². The molecule has 2 amide bonds. The van der Waals surface area contributed by atoms with Gasteiger partial charge in [-0.15, -0.1) is 0 Å². The highest BCUT2D eigenvalue weighted by molar-refractivity contribution is 7.92. The van der Waals surface area contributed by atoms with E-state index in [9.17, 15) is 18.0 Å². The lowest BCUT2D eigenvalue weighted by molar-refractivity contribution is -0.140. The Bertz CT molecular complexity index is 1420. The number of hydrogen-bond donors (Lipinski definition) is 1. The molecule has 1 N–H and O–H groups in total. The third-order valence-electron chi connectivity index (χ3n) is 6.42. The maximum absolute atomic E-state index is 14.2. The Kier molecular flexibility index (Phi) is 11.4. The highest BCUT2D eigenvalue weighted by Gasteiger charge is 2.33. The number of nitrogens with zero attached hydrogens (tertiary/aromatic N) is 2. The molecular weight excluding hydrogens is 566 g/mol. The van der Waals surface area contributed by atoms with Gasteiger partial charge in [0.25, 0.3) is 0 Å². The van der Waals surface area contributed by atoms with E-state index in [1.165, 1.54) is 25.2 Å².